The Hall–Kier alpha value is -2.37. The molecule has 2 aliphatic rings. The first-order chi connectivity index (χ1) is 11.6. The first-order valence-electron chi connectivity index (χ1n) is 8.30. The lowest BCUT2D eigenvalue weighted by Crippen LogP contribution is -2.48. The Labute approximate surface area is 140 Å². The number of aryl methyl sites for hydroxylation is 2. The predicted molar refractivity (Wildman–Crippen MR) is 86.1 cm³/mol. The molecule has 1 spiro atoms. The molecule has 1 aliphatic heterocycles. The molecule has 2 aromatic rings. The second kappa shape index (κ2) is 5.61. The van der Waals surface area contributed by atoms with Crippen molar-refractivity contribution in [3.05, 3.63) is 53.1 Å². The minimum Gasteiger partial charge on any atom is -0.338 e. The van der Waals surface area contributed by atoms with E-state index >= 15 is 0 Å². The van der Waals surface area contributed by atoms with Crippen molar-refractivity contribution in [3.63, 3.8) is 0 Å². The van der Waals surface area contributed by atoms with Crippen molar-refractivity contribution in [2.45, 2.75) is 38.0 Å². The third kappa shape index (κ3) is 2.46. The van der Waals surface area contributed by atoms with Gasteiger partial charge in [0.15, 0.2) is 0 Å². The zero-order valence-corrected chi connectivity index (χ0v) is 13.6. The van der Waals surface area contributed by atoms with E-state index in [0.717, 1.165) is 43.4 Å². The maximum atomic E-state index is 13.4. The van der Waals surface area contributed by atoms with Crippen LogP contribution in [0.1, 0.15) is 46.7 Å². The number of likely N-dealkylation sites (tertiary alicyclic amines) is 1. The lowest BCUT2D eigenvalue weighted by molar-refractivity contribution is 0.0632. The zero-order valence-electron chi connectivity index (χ0n) is 13.6. The van der Waals surface area contributed by atoms with Crippen LogP contribution < -0.4 is 0 Å². The van der Waals surface area contributed by atoms with Gasteiger partial charge in [0.1, 0.15) is 11.6 Å². The van der Waals surface area contributed by atoms with E-state index in [4.69, 9.17) is 0 Å². The van der Waals surface area contributed by atoms with Crippen molar-refractivity contribution in [1.29, 1.82) is 0 Å². The third-order valence-electron chi connectivity index (χ3n) is 5.18. The number of fused-ring (bicyclic) bond motifs is 2. The summed E-state index contributed by atoms with van der Waals surface area (Å²) in [6.45, 7) is 3.22. The number of rotatable bonds is 1. The van der Waals surface area contributed by atoms with Crippen LogP contribution in [0.25, 0.3) is 0 Å². The van der Waals surface area contributed by atoms with Gasteiger partial charge in [-0.15, -0.1) is 0 Å². The fourth-order valence-corrected chi connectivity index (χ4v) is 4.04. The maximum Gasteiger partial charge on any atom is 0.255 e. The molecule has 0 bridgehead atoms. The number of carbonyl (C=O) groups excluding carboxylic acids is 1. The Balaban J connectivity index is 1.64. The first-order valence-corrected chi connectivity index (χ1v) is 8.30. The van der Waals surface area contributed by atoms with Gasteiger partial charge in [-0.05, 0) is 44.2 Å². The molecule has 6 heteroatoms. The first kappa shape index (κ1) is 15.2. The van der Waals surface area contributed by atoms with Gasteiger partial charge in [-0.25, -0.2) is 14.4 Å². The number of pyridine rings is 1. The highest BCUT2D eigenvalue weighted by atomic mass is 19.1. The summed E-state index contributed by atoms with van der Waals surface area (Å²) in [5.41, 5.74) is 2.52. The van der Waals surface area contributed by atoms with Crippen molar-refractivity contribution in [1.82, 2.24) is 19.9 Å². The van der Waals surface area contributed by atoms with Crippen LogP contribution in [0.15, 0.2) is 24.7 Å². The van der Waals surface area contributed by atoms with Crippen LogP contribution in [0.3, 0.4) is 0 Å². The SMILES string of the molecule is Cc1ncc2c(n1)C1(CCCN(C(=O)c3cncc(F)c3)C1)CC2. The van der Waals surface area contributed by atoms with Crippen molar-refractivity contribution >= 4 is 5.91 Å². The van der Waals surface area contributed by atoms with Crippen LogP contribution >= 0.6 is 0 Å². The van der Waals surface area contributed by atoms with Crippen LogP contribution in [-0.2, 0) is 11.8 Å². The molecule has 1 fully saturated rings. The third-order valence-corrected chi connectivity index (χ3v) is 5.18. The van der Waals surface area contributed by atoms with E-state index in [-0.39, 0.29) is 11.3 Å². The minimum atomic E-state index is -0.484. The lowest BCUT2D eigenvalue weighted by Gasteiger charge is -2.40. The van der Waals surface area contributed by atoms with E-state index in [2.05, 4.69) is 15.0 Å². The predicted octanol–water partition coefficient (Wildman–Crippen LogP) is 2.44. The molecule has 24 heavy (non-hydrogen) atoms. The van der Waals surface area contributed by atoms with E-state index in [0.29, 0.717) is 18.7 Å². The number of piperidine rings is 1. The Morgan fingerprint density at radius 2 is 2.17 bits per heavy atom. The van der Waals surface area contributed by atoms with E-state index in [1.54, 1.807) is 0 Å². The van der Waals surface area contributed by atoms with Gasteiger partial charge in [-0.2, -0.15) is 0 Å². The minimum absolute atomic E-state index is 0.0856. The summed E-state index contributed by atoms with van der Waals surface area (Å²) in [7, 11) is 0. The number of hydrogen-bond acceptors (Lipinski definition) is 4. The van der Waals surface area contributed by atoms with Gasteiger partial charge in [-0.1, -0.05) is 0 Å². The molecule has 1 aliphatic carbocycles. The molecule has 0 aromatic carbocycles. The van der Waals surface area contributed by atoms with E-state index in [1.165, 1.54) is 17.8 Å². The standard InChI is InChI=1S/C18H19FN4O/c1-12-21-9-13-3-5-18(16(13)22-12)4-2-6-23(11-18)17(24)14-7-15(19)10-20-8-14/h7-10H,2-6,11H2,1H3. The quantitative estimate of drug-likeness (QED) is 0.808. The Kier molecular flexibility index (Phi) is 3.55. The number of hydrogen-bond donors (Lipinski definition) is 0. The van der Waals surface area contributed by atoms with E-state index in [1.807, 2.05) is 18.0 Å². The molecule has 1 amide bonds. The van der Waals surface area contributed by atoms with E-state index in [9.17, 15) is 9.18 Å². The lowest BCUT2D eigenvalue weighted by atomic mass is 9.77. The van der Waals surface area contributed by atoms with Gasteiger partial charge < -0.3 is 4.90 Å². The fraction of sp³-hybridized carbons (Fsp3) is 0.444. The van der Waals surface area contributed by atoms with Crippen molar-refractivity contribution in [2.75, 3.05) is 13.1 Å². The van der Waals surface area contributed by atoms with Gasteiger partial charge in [0.2, 0.25) is 0 Å². The monoisotopic (exact) mass is 326 g/mol. The second-order valence-electron chi connectivity index (χ2n) is 6.79. The normalized spacial score (nSPS) is 22.7. The Morgan fingerprint density at radius 1 is 1.29 bits per heavy atom. The molecular weight excluding hydrogens is 307 g/mol. The van der Waals surface area contributed by atoms with Gasteiger partial charge in [0, 0.05) is 30.9 Å². The van der Waals surface area contributed by atoms with Crippen LogP contribution in [-0.4, -0.2) is 38.8 Å². The highest BCUT2D eigenvalue weighted by molar-refractivity contribution is 5.94. The fourth-order valence-electron chi connectivity index (χ4n) is 4.04. The topological polar surface area (TPSA) is 59.0 Å². The van der Waals surface area contributed by atoms with Crippen LogP contribution in [0.5, 0.6) is 0 Å². The van der Waals surface area contributed by atoms with Crippen molar-refractivity contribution < 1.29 is 9.18 Å². The van der Waals surface area contributed by atoms with Gasteiger partial charge in [0.05, 0.1) is 17.5 Å². The van der Waals surface area contributed by atoms with Gasteiger partial charge in [-0.3, -0.25) is 9.78 Å². The molecule has 4 rings (SSSR count). The number of nitrogens with zero attached hydrogens (tertiary/aromatic N) is 4. The number of carbonyl (C=O) groups is 1. The second-order valence-corrected chi connectivity index (χ2v) is 6.79. The summed E-state index contributed by atoms with van der Waals surface area (Å²) in [5, 5.41) is 0. The van der Waals surface area contributed by atoms with Crippen LogP contribution in [0.4, 0.5) is 4.39 Å². The zero-order chi connectivity index (χ0) is 16.7. The molecule has 0 saturated carbocycles. The molecule has 1 saturated heterocycles. The molecular formula is C18H19FN4O. The highest BCUT2D eigenvalue weighted by Gasteiger charge is 2.44. The molecule has 0 N–H and O–H groups in total. The number of amides is 1. The molecule has 1 unspecified atom stereocenters. The summed E-state index contributed by atoms with van der Waals surface area (Å²) in [5.74, 6) is 0.134. The van der Waals surface area contributed by atoms with Gasteiger partial charge in [0.25, 0.3) is 5.91 Å². The maximum absolute atomic E-state index is 13.4. The van der Waals surface area contributed by atoms with Gasteiger partial charge >= 0.3 is 0 Å². The molecule has 1 atom stereocenters. The molecule has 0 radical (unpaired) electrons. The average Bonchev–Trinajstić information content (AvgIpc) is 2.92. The summed E-state index contributed by atoms with van der Waals surface area (Å²) >= 11 is 0. The van der Waals surface area contributed by atoms with Crippen LogP contribution in [0.2, 0.25) is 0 Å². The summed E-state index contributed by atoms with van der Waals surface area (Å²) in [6.07, 6.45) is 8.37. The Morgan fingerprint density at radius 3 is 3.00 bits per heavy atom. The van der Waals surface area contributed by atoms with E-state index < -0.39 is 5.82 Å². The van der Waals surface area contributed by atoms with Crippen LogP contribution in [0, 0.1) is 12.7 Å². The molecule has 124 valence electrons. The largest absolute Gasteiger partial charge is 0.338 e. The molecule has 2 aromatic heterocycles. The molecule has 5 nitrogen and oxygen atoms in total. The molecule has 3 heterocycles. The average molecular weight is 326 g/mol. The summed E-state index contributed by atoms with van der Waals surface area (Å²) < 4.78 is 13.4. The number of halogens is 1. The summed E-state index contributed by atoms with van der Waals surface area (Å²) in [6, 6.07) is 1.26. The summed E-state index contributed by atoms with van der Waals surface area (Å²) in [4.78, 5) is 27.4. The van der Waals surface area contributed by atoms with Crippen molar-refractivity contribution in [2.24, 2.45) is 0 Å². The smallest absolute Gasteiger partial charge is 0.255 e. The Bertz CT molecular complexity index is 805. The highest BCUT2D eigenvalue weighted by Crippen LogP contribution is 2.44. The van der Waals surface area contributed by atoms with Crippen molar-refractivity contribution in [3.8, 4) is 0 Å². The number of aromatic nitrogens is 3.